The first-order valence-electron chi connectivity index (χ1n) is 5.44. The lowest BCUT2D eigenvalue weighted by molar-refractivity contribution is -0.387. The van der Waals surface area contributed by atoms with Crippen molar-refractivity contribution >= 4 is 33.2 Å². The molecule has 1 aromatic rings. The van der Waals surface area contributed by atoms with Crippen molar-refractivity contribution in [3.63, 3.8) is 0 Å². The maximum absolute atomic E-state index is 11.9. The molecule has 1 amide bonds. The lowest BCUT2D eigenvalue weighted by Gasteiger charge is -2.07. The van der Waals surface area contributed by atoms with Crippen molar-refractivity contribution in [1.82, 2.24) is 10.0 Å². The first kappa shape index (κ1) is 16.3. The van der Waals surface area contributed by atoms with E-state index >= 15 is 0 Å². The Bertz CT molecular complexity index is 605. The summed E-state index contributed by atoms with van der Waals surface area (Å²) in [6, 6.07) is 5.00. The molecule has 1 rings (SSSR count). The van der Waals surface area contributed by atoms with Gasteiger partial charge >= 0.3 is 0 Å². The number of nitro groups is 1. The zero-order valence-electron chi connectivity index (χ0n) is 10.2. The molecule has 0 fully saturated rings. The summed E-state index contributed by atoms with van der Waals surface area (Å²) in [4.78, 5) is 20.4. The Morgan fingerprint density at radius 1 is 1.30 bits per heavy atom. The molecule has 0 saturated carbocycles. The third-order valence-corrected chi connectivity index (χ3v) is 3.96. The van der Waals surface area contributed by atoms with E-state index < -0.39 is 31.4 Å². The van der Waals surface area contributed by atoms with E-state index in [0.717, 1.165) is 12.1 Å². The second-order valence-corrected chi connectivity index (χ2v) is 5.61. The maximum Gasteiger partial charge on any atom is 0.289 e. The highest BCUT2D eigenvalue weighted by molar-refractivity contribution is 7.89. The van der Waals surface area contributed by atoms with Gasteiger partial charge in [0, 0.05) is 19.2 Å². The number of hydrogen-bond donors (Lipinski definition) is 2. The van der Waals surface area contributed by atoms with Gasteiger partial charge in [-0.05, 0) is 6.07 Å². The maximum atomic E-state index is 11.9. The van der Waals surface area contributed by atoms with Crippen LogP contribution in [0.2, 0.25) is 0 Å². The van der Waals surface area contributed by atoms with E-state index in [1.807, 2.05) is 0 Å². The molecule has 1 aromatic carbocycles. The molecule has 10 heteroatoms. The van der Waals surface area contributed by atoms with E-state index in [0.29, 0.717) is 0 Å². The molecule has 0 saturated heterocycles. The van der Waals surface area contributed by atoms with Crippen molar-refractivity contribution < 1.29 is 18.1 Å². The van der Waals surface area contributed by atoms with Crippen LogP contribution in [-0.4, -0.2) is 38.2 Å². The summed E-state index contributed by atoms with van der Waals surface area (Å²) in [5.41, 5.74) is -0.509. The summed E-state index contributed by atoms with van der Waals surface area (Å²) in [6.07, 6.45) is 0. The van der Waals surface area contributed by atoms with Crippen molar-refractivity contribution in [2.24, 2.45) is 0 Å². The summed E-state index contributed by atoms with van der Waals surface area (Å²) in [6.45, 7) is -0.0670. The Kier molecular flexibility index (Phi) is 5.86. The number of sulfonamides is 1. The van der Waals surface area contributed by atoms with E-state index in [2.05, 4.69) is 10.0 Å². The van der Waals surface area contributed by atoms with Crippen LogP contribution in [0.1, 0.15) is 0 Å². The highest BCUT2D eigenvalue weighted by atomic mass is 35.5. The summed E-state index contributed by atoms with van der Waals surface area (Å²) < 4.78 is 26.0. The lowest BCUT2D eigenvalue weighted by Crippen LogP contribution is -2.35. The molecule has 0 spiro atoms. The number of carbonyl (C=O) groups is 1. The number of nitro benzene ring substituents is 1. The highest BCUT2D eigenvalue weighted by Gasteiger charge is 2.24. The number of carbonyl (C=O) groups excluding carboxylic acids is 1. The summed E-state index contributed by atoms with van der Waals surface area (Å²) in [7, 11) is -4.02. The molecular formula is C10H12ClN3O5S. The van der Waals surface area contributed by atoms with Crippen LogP contribution in [0.25, 0.3) is 0 Å². The molecule has 110 valence electrons. The van der Waals surface area contributed by atoms with E-state index in [1.54, 1.807) is 0 Å². The van der Waals surface area contributed by atoms with Crippen LogP contribution in [-0.2, 0) is 14.8 Å². The number of nitrogens with zero attached hydrogens (tertiary/aromatic N) is 1. The molecule has 20 heavy (non-hydrogen) atoms. The average molecular weight is 322 g/mol. The van der Waals surface area contributed by atoms with Gasteiger partial charge in [-0.1, -0.05) is 12.1 Å². The van der Waals surface area contributed by atoms with Gasteiger partial charge in [-0.2, -0.15) is 0 Å². The fourth-order valence-electron chi connectivity index (χ4n) is 1.35. The zero-order valence-corrected chi connectivity index (χ0v) is 11.8. The summed E-state index contributed by atoms with van der Waals surface area (Å²) in [5.74, 6) is -0.659. The van der Waals surface area contributed by atoms with Crippen molar-refractivity contribution in [2.75, 3.05) is 19.0 Å². The molecule has 0 aliphatic heterocycles. The van der Waals surface area contributed by atoms with Crippen LogP contribution in [0.15, 0.2) is 29.2 Å². The van der Waals surface area contributed by atoms with Gasteiger partial charge in [-0.25, -0.2) is 13.1 Å². The smallest absolute Gasteiger partial charge is 0.289 e. The number of benzene rings is 1. The fourth-order valence-corrected chi connectivity index (χ4v) is 2.64. The quantitative estimate of drug-likeness (QED) is 0.322. The summed E-state index contributed by atoms with van der Waals surface area (Å²) in [5, 5.41) is 13.1. The van der Waals surface area contributed by atoms with E-state index in [4.69, 9.17) is 11.6 Å². The number of nitrogens with one attached hydrogen (secondary N) is 2. The molecule has 0 bridgehead atoms. The molecule has 0 aliphatic rings. The standard InChI is InChI=1S/C10H12ClN3O5S/c11-7-10(15)12-5-6-13-20(18,19)9-4-2-1-3-8(9)14(16)17/h1-4,13H,5-7H2,(H,12,15). The van der Waals surface area contributed by atoms with Crippen LogP contribution in [0.5, 0.6) is 0 Å². The van der Waals surface area contributed by atoms with E-state index in [1.165, 1.54) is 12.1 Å². The van der Waals surface area contributed by atoms with Gasteiger partial charge in [0.2, 0.25) is 15.9 Å². The summed E-state index contributed by atoms with van der Waals surface area (Å²) >= 11 is 5.25. The molecule has 2 N–H and O–H groups in total. The van der Waals surface area contributed by atoms with Crippen LogP contribution in [0.3, 0.4) is 0 Å². The zero-order chi connectivity index (χ0) is 15.2. The van der Waals surface area contributed by atoms with Gasteiger partial charge in [-0.15, -0.1) is 11.6 Å². The molecule has 0 aliphatic carbocycles. The van der Waals surface area contributed by atoms with Crippen molar-refractivity contribution in [2.45, 2.75) is 4.90 Å². The molecule has 0 unspecified atom stereocenters. The van der Waals surface area contributed by atoms with Crippen LogP contribution >= 0.6 is 11.6 Å². The van der Waals surface area contributed by atoms with E-state index in [-0.39, 0.29) is 19.0 Å². The van der Waals surface area contributed by atoms with Gasteiger partial charge in [-0.3, -0.25) is 14.9 Å². The fraction of sp³-hybridized carbons (Fsp3) is 0.300. The molecule has 0 atom stereocenters. The van der Waals surface area contributed by atoms with Crippen molar-refractivity contribution in [3.05, 3.63) is 34.4 Å². The Morgan fingerprint density at radius 2 is 1.95 bits per heavy atom. The van der Waals surface area contributed by atoms with Gasteiger partial charge < -0.3 is 5.32 Å². The number of halogens is 1. The largest absolute Gasteiger partial charge is 0.354 e. The first-order chi connectivity index (χ1) is 9.38. The minimum Gasteiger partial charge on any atom is -0.354 e. The number of hydrogen-bond acceptors (Lipinski definition) is 5. The second kappa shape index (κ2) is 7.17. The normalized spacial score (nSPS) is 11.1. The lowest BCUT2D eigenvalue weighted by atomic mass is 10.3. The van der Waals surface area contributed by atoms with Crippen LogP contribution < -0.4 is 10.0 Å². The monoisotopic (exact) mass is 321 g/mol. The molecule has 8 nitrogen and oxygen atoms in total. The minimum atomic E-state index is -4.02. The number of para-hydroxylation sites is 1. The Labute approximate surface area is 120 Å². The number of alkyl halides is 1. The van der Waals surface area contributed by atoms with Crippen LogP contribution in [0, 0.1) is 10.1 Å². The van der Waals surface area contributed by atoms with Gasteiger partial charge in [0.25, 0.3) is 5.69 Å². The minimum absolute atomic E-state index is 0.0331. The molecule has 0 aromatic heterocycles. The van der Waals surface area contributed by atoms with Crippen LogP contribution in [0.4, 0.5) is 5.69 Å². The molecular weight excluding hydrogens is 310 g/mol. The highest BCUT2D eigenvalue weighted by Crippen LogP contribution is 2.22. The van der Waals surface area contributed by atoms with Crippen molar-refractivity contribution in [1.29, 1.82) is 0 Å². The van der Waals surface area contributed by atoms with E-state index in [9.17, 15) is 23.3 Å². The second-order valence-electron chi connectivity index (χ2n) is 3.61. The SMILES string of the molecule is O=C(CCl)NCCNS(=O)(=O)c1ccccc1[N+](=O)[O-]. The third kappa shape index (κ3) is 4.44. The van der Waals surface area contributed by atoms with Gasteiger partial charge in [0.1, 0.15) is 5.88 Å². The van der Waals surface area contributed by atoms with Crippen molar-refractivity contribution in [3.8, 4) is 0 Å². The Morgan fingerprint density at radius 3 is 2.55 bits per heavy atom. The average Bonchev–Trinajstić information content (AvgIpc) is 2.43. The predicted molar refractivity (Wildman–Crippen MR) is 72.0 cm³/mol. The Balaban J connectivity index is 2.75. The molecule has 0 radical (unpaired) electrons. The first-order valence-corrected chi connectivity index (χ1v) is 7.46. The topological polar surface area (TPSA) is 118 Å². The number of rotatable bonds is 7. The molecule has 0 heterocycles. The van der Waals surface area contributed by atoms with Gasteiger partial charge in [0.15, 0.2) is 4.90 Å². The Hall–Kier alpha value is -1.71. The third-order valence-electron chi connectivity index (χ3n) is 2.21. The van der Waals surface area contributed by atoms with Gasteiger partial charge in [0.05, 0.1) is 4.92 Å². The number of amides is 1. The predicted octanol–water partition coefficient (Wildman–Crippen LogP) is 0.228.